The predicted molar refractivity (Wildman–Crippen MR) is 33.4 cm³/mol. The van der Waals surface area contributed by atoms with Crippen molar-refractivity contribution < 1.29 is 0 Å². The summed E-state index contributed by atoms with van der Waals surface area (Å²) in [5, 5.41) is 7.93. The van der Waals surface area contributed by atoms with E-state index in [2.05, 4.69) is 11.6 Å². The Bertz CT molecular complexity index is 148. The molecular formula is C6H6N2. The van der Waals surface area contributed by atoms with Crippen LogP contribution in [0.3, 0.4) is 0 Å². The van der Waals surface area contributed by atoms with Gasteiger partial charge in [-0.1, -0.05) is 12.7 Å². The SMILES string of the molecule is C=C/C=N\C=C/C#N. The van der Waals surface area contributed by atoms with E-state index in [1.807, 2.05) is 0 Å². The first-order valence-electron chi connectivity index (χ1n) is 2.10. The smallest absolute Gasteiger partial charge is 0.0928 e. The number of rotatable bonds is 2. The molecule has 0 aromatic carbocycles. The third kappa shape index (κ3) is 4.64. The van der Waals surface area contributed by atoms with Crippen molar-refractivity contribution in [1.29, 1.82) is 5.26 Å². The maximum absolute atomic E-state index is 7.93. The zero-order valence-corrected chi connectivity index (χ0v) is 4.41. The second-order valence-electron chi connectivity index (χ2n) is 0.979. The van der Waals surface area contributed by atoms with E-state index in [9.17, 15) is 0 Å². The van der Waals surface area contributed by atoms with Crippen LogP contribution >= 0.6 is 0 Å². The van der Waals surface area contributed by atoms with Gasteiger partial charge in [-0.05, 0) is 0 Å². The van der Waals surface area contributed by atoms with Gasteiger partial charge in [0.1, 0.15) is 0 Å². The van der Waals surface area contributed by atoms with Gasteiger partial charge in [-0.3, -0.25) is 4.99 Å². The Labute approximate surface area is 48.5 Å². The summed E-state index contributed by atoms with van der Waals surface area (Å²) in [5.41, 5.74) is 0. The van der Waals surface area contributed by atoms with Gasteiger partial charge in [-0.25, -0.2) is 0 Å². The van der Waals surface area contributed by atoms with E-state index in [0.29, 0.717) is 0 Å². The predicted octanol–water partition coefficient (Wildman–Crippen LogP) is 1.28. The summed E-state index contributed by atoms with van der Waals surface area (Å²) >= 11 is 0. The van der Waals surface area contributed by atoms with E-state index in [4.69, 9.17) is 5.26 Å². The van der Waals surface area contributed by atoms with Crippen molar-refractivity contribution >= 4 is 6.21 Å². The first-order valence-corrected chi connectivity index (χ1v) is 2.10. The van der Waals surface area contributed by atoms with Crippen molar-refractivity contribution in [3.05, 3.63) is 24.9 Å². The molecule has 0 heterocycles. The highest BCUT2D eigenvalue weighted by Crippen LogP contribution is 1.69. The lowest BCUT2D eigenvalue weighted by Crippen LogP contribution is -1.55. The molecule has 0 aromatic heterocycles. The quantitative estimate of drug-likeness (QED) is 0.386. The Morgan fingerprint density at radius 3 is 2.88 bits per heavy atom. The van der Waals surface area contributed by atoms with Crippen molar-refractivity contribution in [3.8, 4) is 6.07 Å². The van der Waals surface area contributed by atoms with E-state index >= 15 is 0 Å². The van der Waals surface area contributed by atoms with Gasteiger partial charge in [0, 0.05) is 18.5 Å². The van der Waals surface area contributed by atoms with Crippen molar-refractivity contribution in [2.45, 2.75) is 0 Å². The molecule has 0 fully saturated rings. The van der Waals surface area contributed by atoms with Crippen LogP contribution in [0.5, 0.6) is 0 Å². The minimum atomic E-state index is 1.29. The molecule has 0 rings (SSSR count). The van der Waals surface area contributed by atoms with Crippen LogP contribution in [0.15, 0.2) is 29.9 Å². The molecule has 2 nitrogen and oxygen atoms in total. The molecule has 0 N–H and O–H groups in total. The Kier molecular flexibility index (Phi) is 4.68. The highest BCUT2D eigenvalue weighted by molar-refractivity contribution is 5.70. The van der Waals surface area contributed by atoms with E-state index in [1.165, 1.54) is 18.5 Å². The van der Waals surface area contributed by atoms with Crippen LogP contribution in [0.2, 0.25) is 0 Å². The lowest BCUT2D eigenvalue weighted by Gasteiger charge is -1.65. The van der Waals surface area contributed by atoms with Crippen LogP contribution in [0.25, 0.3) is 0 Å². The Hall–Kier alpha value is -1.36. The van der Waals surface area contributed by atoms with Gasteiger partial charge in [0.2, 0.25) is 0 Å². The zero-order chi connectivity index (χ0) is 6.24. The molecule has 0 amide bonds. The topological polar surface area (TPSA) is 36.1 Å². The maximum atomic E-state index is 7.93. The fourth-order valence-electron chi connectivity index (χ4n) is 0.187. The number of nitriles is 1. The van der Waals surface area contributed by atoms with Crippen LogP contribution in [0, 0.1) is 11.3 Å². The van der Waals surface area contributed by atoms with Crippen LogP contribution < -0.4 is 0 Å². The monoisotopic (exact) mass is 106 g/mol. The van der Waals surface area contributed by atoms with Gasteiger partial charge < -0.3 is 0 Å². The van der Waals surface area contributed by atoms with Crippen LogP contribution in [-0.2, 0) is 0 Å². The molecule has 8 heavy (non-hydrogen) atoms. The summed E-state index contributed by atoms with van der Waals surface area (Å²) in [6.45, 7) is 3.39. The van der Waals surface area contributed by atoms with E-state index < -0.39 is 0 Å². The molecule has 0 aliphatic heterocycles. The molecule has 40 valence electrons. The lowest BCUT2D eigenvalue weighted by molar-refractivity contribution is 1.51. The molecular weight excluding hydrogens is 100 g/mol. The van der Waals surface area contributed by atoms with Crippen LogP contribution in [-0.4, -0.2) is 6.21 Å². The summed E-state index contributed by atoms with van der Waals surface area (Å²) in [6, 6.07) is 1.80. The summed E-state index contributed by atoms with van der Waals surface area (Å²) in [7, 11) is 0. The molecule has 0 spiro atoms. The van der Waals surface area contributed by atoms with E-state index in [1.54, 1.807) is 12.1 Å². The minimum Gasteiger partial charge on any atom is -0.264 e. The summed E-state index contributed by atoms with van der Waals surface area (Å²) in [6.07, 6.45) is 5.75. The summed E-state index contributed by atoms with van der Waals surface area (Å²) < 4.78 is 0. The van der Waals surface area contributed by atoms with Gasteiger partial charge >= 0.3 is 0 Å². The van der Waals surface area contributed by atoms with Gasteiger partial charge in [-0.15, -0.1) is 0 Å². The number of allylic oxidation sites excluding steroid dienone is 2. The Morgan fingerprint density at radius 1 is 1.62 bits per heavy atom. The minimum absolute atomic E-state index is 1.29. The van der Waals surface area contributed by atoms with Crippen molar-refractivity contribution in [2.24, 2.45) is 4.99 Å². The molecule has 2 heteroatoms. The second kappa shape index (κ2) is 5.64. The van der Waals surface area contributed by atoms with Gasteiger partial charge in [0.15, 0.2) is 0 Å². The molecule has 0 atom stereocenters. The Balaban J connectivity index is 3.46. The first kappa shape index (κ1) is 6.64. The van der Waals surface area contributed by atoms with E-state index in [0.717, 1.165) is 0 Å². The Morgan fingerprint density at radius 2 is 2.38 bits per heavy atom. The molecule has 0 aliphatic carbocycles. The maximum Gasteiger partial charge on any atom is 0.0928 e. The van der Waals surface area contributed by atoms with Crippen LogP contribution in [0.4, 0.5) is 0 Å². The van der Waals surface area contributed by atoms with E-state index in [-0.39, 0.29) is 0 Å². The molecule has 0 radical (unpaired) electrons. The molecule has 0 saturated heterocycles. The van der Waals surface area contributed by atoms with Gasteiger partial charge in [0.25, 0.3) is 0 Å². The normalized spacial score (nSPS) is 9.88. The van der Waals surface area contributed by atoms with Crippen molar-refractivity contribution in [3.63, 3.8) is 0 Å². The zero-order valence-electron chi connectivity index (χ0n) is 4.41. The highest BCUT2D eigenvalue weighted by atomic mass is 14.6. The molecule has 0 unspecified atom stereocenters. The fourth-order valence-corrected chi connectivity index (χ4v) is 0.187. The summed E-state index contributed by atoms with van der Waals surface area (Å²) in [4.78, 5) is 3.63. The largest absolute Gasteiger partial charge is 0.264 e. The van der Waals surface area contributed by atoms with Gasteiger partial charge in [-0.2, -0.15) is 5.26 Å². The molecule has 0 saturated carbocycles. The lowest BCUT2D eigenvalue weighted by atomic mass is 10.6. The first-order chi connectivity index (χ1) is 3.91. The second-order valence-corrected chi connectivity index (χ2v) is 0.979. The van der Waals surface area contributed by atoms with Crippen molar-refractivity contribution in [1.82, 2.24) is 0 Å². The third-order valence-corrected chi connectivity index (χ3v) is 0.427. The number of aliphatic imine (C=N–C) groups is 1. The summed E-state index contributed by atoms with van der Waals surface area (Å²) in [5.74, 6) is 0. The van der Waals surface area contributed by atoms with Crippen molar-refractivity contribution in [2.75, 3.05) is 0 Å². The van der Waals surface area contributed by atoms with Gasteiger partial charge in [0.05, 0.1) is 6.07 Å². The number of nitrogens with zero attached hydrogens (tertiary/aromatic N) is 2. The highest BCUT2D eigenvalue weighted by Gasteiger charge is 1.56. The third-order valence-electron chi connectivity index (χ3n) is 0.427. The standard InChI is InChI=1S/C6H6N2/c1-2-5-8-6-3-4-7/h2-3,5-6H,1H2/b6-3-,8-5-. The number of hydrogen-bond acceptors (Lipinski definition) is 2. The molecule has 0 bridgehead atoms. The average molecular weight is 106 g/mol. The van der Waals surface area contributed by atoms with Crippen LogP contribution in [0.1, 0.15) is 0 Å². The number of hydrogen-bond donors (Lipinski definition) is 0. The molecule has 0 aliphatic rings. The molecule has 0 aromatic rings. The average Bonchev–Trinajstić information content (AvgIpc) is 1.81. The fraction of sp³-hybridized carbons (Fsp3) is 0.